The van der Waals surface area contributed by atoms with E-state index in [-0.39, 0.29) is 5.91 Å². The molecule has 1 atom stereocenters. The highest BCUT2D eigenvalue weighted by Crippen LogP contribution is 2.21. The lowest BCUT2D eigenvalue weighted by Gasteiger charge is -2.21. The molecule has 0 unspecified atom stereocenters. The number of carboxylic acids is 1. The minimum Gasteiger partial charge on any atom is -0.480 e. The molecule has 1 fully saturated rings. The molecule has 0 spiro atoms. The third kappa shape index (κ3) is 3.81. The molecular weight excluding hydrogens is 304 g/mol. The van der Waals surface area contributed by atoms with Crippen molar-refractivity contribution in [3.05, 3.63) is 65.7 Å². The molecule has 0 aromatic heterocycles. The predicted molar refractivity (Wildman–Crippen MR) is 91.9 cm³/mol. The third-order valence-electron chi connectivity index (χ3n) is 4.26. The average Bonchev–Trinajstić information content (AvgIpc) is 3.04. The standard InChI is InChI=1S/C19H20N2O3/c22-18(20-16-8-2-1-3-9-16)15-7-4-6-14(12-15)13-21-11-5-10-17(21)19(23)24/h1-4,6-9,12,17H,5,10-11,13H2,(H,20,22)(H,23,24)/t17-/m0/s1. The van der Waals surface area contributed by atoms with E-state index in [1.54, 1.807) is 6.07 Å². The third-order valence-corrected chi connectivity index (χ3v) is 4.26. The fraction of sp³-hybridized carbons (Fsp3) is 0.263. The number of carbonyl (C=O) groups is 2. The lowest BCUT2D eigenvalue weighted by Crippen LogP contribution is -2.35. The Labute approximate surface area is 140 Å². The van der Waals surface area contributed by atoms with Crippen molar-refractivity contribution in [1.82, 2.24) is 4.90 Å². The fourth-order valence-electron chi connectivity index (χ4n) is 3.07. The predicted octanol–water partition coefficient (Wildman–Crippen LogP) is 2.99. The number of carboxylic acid groups (broad SMARTS) is 1. The van der Waals surface area contributed by atoms with Gasteiger partial charge in [0, 0.05) is 17.8 Å². The first-order valence-electron chi connectivity index (χ1n) is 8.06. The minimum atomic E-state index is -0.773. The summed E-state index contributed by atoms with van der Waals surface area (Å²) in [6.45, 7) is 1.32. The Morgan fingerprint density at radius 3 is 2.67 bits per heavy atom. The van der Waals surface area contributed by atoms with Crippen molar-refractivity contribution in [1.29, 1.82) is 0 Å². The van der Waals surface area contributed by atoms with E-state index >= 15 is 0 Å². The Bertz CT molecular complexity index is 730. The van der Waals surface area contributed by atoms with Crippen LogP contribution >= 0.6 is 0 Å². The van der Waals surface area contributed by atoms with Gasteiger partial charge < -0.3 is 10.4 Å². The second-order valence-electron chi connectivity index (χ2n) is 5.99. The Morgan fingerprint density at radius 1 is 1.12 bits per heavy atom. The summed E-state index contributed by atoms with van der Waals surface area (Å²) < 4.78 is 0. The molecule has 2 aromatic carbocycles. The van der Waals surface area contributed by atoms with Crippen LogP contribution in [0.3, 0.4) is 0 Å². The van der Waals surface area contributed by atoms with E-state index in [9.17, 15) is 14.7 Å². The van der Waals surface area contributed by atoms with Gasteiger partial charge in [-0.25, -0.2) is 0 Å². The fourth-order valence-corrected chi connectivity index (χ4v) is 3.07. The Morgan fingerprint density at radius 2 is 1.92 bits per heavy atom. The number of carbonyl (C=O) groups excluding carboxylic acids is 1. The summed E-state index contributed by atoms with van der Waals surface area (Å²) in [5.74, 6) is -0.940. The average molecular weight is 324 g/mol. The molecule has 3 rings (SSSR count). The molecule has 1 aliphatic heterocycles. The lowest BCUT2D eigenvalue weighted by molar-refractivity contribution is -0.142. The number of benzene rings is 2. The first kappa shape index (κ1) is 16.2. The number of likely N-dealkylation sites (tertiary alicyclic amines) is 1. The van der Waals surface area contributed by atoms with Crippen LogP contribution in [0.5, 0.6) is 0 Å². The first-order valence-corrected chi connectivity index (χ1v) is 8.06. The molecule has 0 saturated carbocycles. The van der Waals surface area contributed by atoms with Gasteiger partial charge in [0.05, 0.1) is 0 Å². The van der Waals surface area contributed by atoms with Crippen LogP contribution in [0, 0.1) is 0 Å². The van der Waals surface area contributed by atoms with Crippen LogP contribution in [0.25, 0.3) is 0 Å². The highest BCUT2D eigenvalue weighted by atomic mass is 16.4. The van der Waals surface area contributed by atoms with Gasteiger partial charge in [0.15, 0.2) is 0 Å². The SMILES string of the molecule is O=C(Nc1ccccc1)c1cccc(CN2CCC[C@H]2C(=O)O)c1. The van der Waals surface area contributed by atoms with E-state index < -0.39 is 12.0 Å². The Hall–Kier alpha value is -2.66. The van der Waals surface area contributed by atoms with Crippen molar-refractivity contribution >= 4 is 17.6 Å². The summed E-state index contributed by atoms with van der Waals surface area (Å²) >= 11 is 0. The molecule has 24 heavy (non-hydrogen) atoms. The highest BCUT2D eigenvalue weighted by Gasteiger charge is 2.30. The number of amides is 1. The van der Waals surface area contributed by atoms with Crippen molar-refractivity contribution in [3.63, 3.8) is 0 Å². The van der Waals surface area contributed by atoms with Crippen LogP contribution in [-0.4, -0.2) is 34.5 Å². The van der Waals surface area contributed by atoms with Crippen LogP contribution in [0.4, 0.5) is 5.69 Å². The lowest BCUT2D eigenvalue weighted by atomic mass is 10.1. The van der Waals surface area contributed by atoms with E-state index in [0.717, 1.165) is 24.2 Å². The van der Waals surface area contributed by atoms with E-state index in [1.165, 1.54) is 0 Å². The maximum absolute atomic E-state index is 12.4. The van der Waals surface area contributed by atoms with Crippen molar-refractivity contribution < 1.29 is 14.7 Å². The second-order valence-corrected chi connectivity index (χ2v) is 5.99. The zero-order chi connectivity index (χ0) is 16.9. The van der Waals surface area contributed by atoms with Gasteiger partial charge in [-0.2, -0.15) is 0 Å². The van der Waals surface area contributed by atoms with E-state index in [4.69, 9.17) is 0 Å². The van der Waals surface area contributed by atoms with Gasteiger partial charge in [0.1, 0.15) is 6.04 Å². The van der Waals surface area contributed by atoms with Gasteiger partial charge in [0.2, 0.25) is 0 Å². The Balaban J connectivity index is 1.70. The normalized spacial score (nSPS) is 17.6. The molecule has 124 valence electrons. The van der Waals surface area contributed by atoms with E-state index in [0.29, 0.717) is 18.5 Å². The molecule has 5 heteroatoms. The Kier molecular flexibility index (Phi) is 4.91. The monoisotopic (exact) mass is 324 g/mol. The van der Waals surface area contributed by atoms with E-state index in [2.05, 4.69) is 5.32 Å². The summed E-state index contributed by atoms with van der Waals surface area (Å²) in [5.41, 5.74) is 2.27. The molecule has 1 heterocycles. The molecule has 2 N–H and O–H groups in total. The maximum atomic E-state index is 12.4. The van der Waals surface area contributed by atoms with Gasteiger partial charge in [-0.3, -0.25) is 14.5 Å². The maximum Gasteiger partial charge on any atom is 0.320 e. The van der Waals surface area contributed by atoms with Gasteiger partial charge in [-0.1, -0.05) is 30.3 Å². The highest BCUT2D eigenvalue weighted by molar-refractivity contribution is 6.04. The number of hydrogen-bond donors (Lipinski definition) is 2. The topological polar surface area (TPSA) is 69.6 Å². The minimum absolute atomic E-state index is 0.167. The number of nitrogens with one attached hydrogen (secondary N) is 1. The molecule has 5 nitrogen and oxygen atoms in total. The quantitative estimate of drug-likeness (QED) is 0.887. The van der Waals surface area contributed by atoms with Crippen molar-refractivity contribution in [2.45, 2.75) is 25.4 Å². The number of anilines is 1. The van der Waals surface area contributed by atoms with Crippen molar-refractivity contribution in [2.24, 2.45) is 0 Å². The number of rotatable bonds is 5. The van der Waals surface area contributed by atoms with Gasteiger partial charge >= 0.3 is 5.97 Å². The van der Waals surface area contributed by atoms with Crippen LogP contribution in [0.15, 0.2) is 54.6 Å². The van der Waals surface area contributed by atoms with Crippen LogP contribution in [-0.2, 0) is 11.3 Å². The molecule has 2 aromatic rings. The van der Waals surface area contributed by atoms with E-state index in [1.807, 2.05) is 53.4 Å². The van der Waals surface area contributed by atoms with Gasteiger partial charge in [-0.15, -0.1) is 0 Å². The zero-order valence-electron chi connectivity index (χ0n) is 13.3. The summed E-state index contributed by atoms with van der Waals surface area (Å²) in [5, 5.41) is 12.1. The first-order chi connectivity index (χ1) is 11.6. The summed E-state index contributed by atoms with van der Waals surface area (Å²) in [7, 11) is 0. The van der Waals surface area contributed by atoms with Crippen molar-refractivity contribution in [2.75, 3.05) is 11.9 Å². The number of hydrogen-bond acceptors (Lipinski definition) is 3. The van der Waals surface area contributed by atoms with Crippen LogP contribution in [0.1, 0.15) is 28.8 Å². The second kappa shape index (κ2) is 7.27. The molecule has 0 bridgehead atoms. The molecular formula is C19H20N2O3. The number of para-hydroxylation sites is 1. The number of nitrogens with zero attached hydrogens (tertiary/aromatic N) is 1. The summed E-state index contributed by atoms with van der Waals surface area (Å²) in [4.78, 5) is 25.6. The van der Waals surface area contributed by atoms with Crippen LogP contribution in [0.2, 0.25) is 0 Å². The molecule has 0 aliphatic carbocycles. The van der Waals surface area contributed by atoms with Gasteiger partial charge in [0.25, 0.3) is 5.91 Å². The zero-order valence-corrected chi connectivity index (χ0v) is 13.3. The number of aliphatic carboxylic acids is 1. The molecule has 1 saturated heterocycles. The largest absolute Gasteiger partial charge is 0.480 e. The van der Waals surface area contributed by atoms with Crippen molar-refractivity contribution in [3.8, 4) is 0 Å². The summed E-state index contributed by atoms with van der Waals surface area (Å²) in [6, 6.07) is 16.2. The molecule has 1 amide bonds. The molecule has 0 radical (unpaired) electrons. The summed E-state index contributed by atoms with van der Waals surface area (Å²) in [6.07, 6.45) is 1.58. The van der Waals surface area contributed by atoms with Gasteiger partial charge in [-0.05, 0) is 49.2 Å². The molecule has 1 aliphatic rings. The van der Waals surface area contributed by atoms with Crippen LogP contribution < -0.4 is 5.32 Å². The smallest absolute Gasteiger partial charge is 0.320 e.